The molecule has 0 spiro atoms. The number of hydrogen-bond donors (Lipinski definition) is 0. The molecule has 1 aliphatic heterocycles. The third kappa shape index (κ3) is 2.22. The number of pyridine rings is 1. The molecule has 0 saturated heterocycles. The number of aromatic nitrogens is 1. The van der Waals surface area contributed by atoms with E-state index in [4.69, 9.17) is 16.3 Å². The number of halogens is 1. The third-order valence-corrected chi connectivity index (χ3v) is 3.01. The van der Waals surface area contributed by atoms with Crippen molar-refractivity contribution in [1.29, 1.82) is 0 Å². The zero-order valence-corrected chi connectivity index (χ0v) is 10.3. The van der Waals surface area contributed by atoms with Gasteiger partial charge in [0.1, 0.15) is 18.3 Å². The van der Waals surface area contributed by atoms with Gasteiger partial charge in [-0.2, -0.15) is 0 Å². The summed E-state index contributed by atoms with van der Waals surface area (Å²) in [5, 5.41) is 0.608. The van der Waals surface area contributed by atoms with E-state index in [0.29, 0.717) is 17.5 Å². The summed E-state index contributed by atoms with van der Waals surface area (Å²) in [7, 11) is 0. The van der Waals surface area contributed by atoms with Crippen molar-refractivity contribution < 1.29 is 4.74 Å². The van der Waals surface area contributed by atoms with Gasteiger partial charge in [0, 0.05) is 6.20 Å². The molecule has 2 heterocycles. The smallest absolute Gasteiger partial charge is 0.236 e. The van der Waals surface area contributed by atoms with Gasteiger partial charge in [-0.15, -0.1) is 0 Å². The van der Waals surface area contributed by atoms with Crippen LogP contribution in [-0.4, -0.2) is 17.5 Å². The van der Waals surface area contributed by atoms with Gasteiger partial charge in [-0.1, -0.05) is 41.9 Å². The molecule has 0 fully saturated rings. The largest absolute Gasteiger partial charge is 0.474 e. The van der Waals surface area contributed by atoms with Gasteiger partial charge >= 0.3 is 0 Å². The van der Waals surface area contributed by atoms with Gasteiger partial charge in [0.15, 0.2) is 0 Å². The molecule has 90 valence electrons. The summed E-state index contributed by atoms with van der Waals surface area (Å²) in [6.07, 6.45) is 1.60. The van der Waals surface area contributed by atoms with Crippen molar-refractivity contribution in [3.05, 3.63) is 64.9 Å². The summed E-state index contributed by atoms with van der Waals surface area (Å²) in [6.45, 7) is 0.559. The van der Waals surface area contributed by atoms with Crippen LogP contribution in [0.5, 0.6) is 0 Å². The molecule has 1 aromatic carbocycles. The van der Waals surface area contributed by atoms with E-state index in [1.807, 2.05) is 24.3 Å². The summed E-state index contributed by atoms with van der Waals surface area (Å²) in [5.41, 5.74) is 1.87. The summed E-state index contributed by atoms with van der Waals surface area (Å²) in [5.74, 6) is 0.584. The number of benzene rings is 1. The highest BCUT2D eigenvalue weighted by Crippen LogP contribution is 2.24. The molecule has 0 N–H and O–H groups in total. The molecule has 2 aromatic rings. The molecule has 1 unspecified atom stereocenters. The lowest BCUT2D eigenvalue weighted by molar-refractivity contribution is 0.319. The minimum atomic E-state index is 0.0543. The Morgan fingerprint density at radius 3 is 2.67 bits per heavy atom. The lowest BCUT2D eigenvalue weighted by Gasteiger charge is -2.03. The summed E-state index contributed by atoms with van der Waals surface area (Å²) in [6, 6.07) is 13.8. The molecule has 4 heteroatoms. The quantitative estimate of drug-likeness (QED) is 0.829. The van der Waals surface area contributed by atoms with Crippen LogP contribution >= 0.6 is 11.6 Å². The second kappa shape index (κ2) is 4.78. The Morgan fingerprint density at radius 2 is 1.94 bits per heavy atom. The van der Waals surface area contributed by atoms with Crippen molar-refractivity contribution in [2.75, 3.05) is 6.61 Å². The van der Waals surface area contributed by atoms with Crippen molar-refractivity contribution in [1.82, 2.24) is 4.98 Å². The average Bonchev–Trinajstić information content (AvgIpc) is 2.90. The molecular weight excluding hydrogens is 248 g/mol. The molecule has 3 nitrogen and oxygen atoms in total. The minimum absolute atomic E-state index is 0.0543. The number of rotatable bonds is 2. The Labute approximate surface area is 110 Å². The number of nitrogens with zero attached hydrogens (tertiary/aromatic N) is 2. The molecule has 1 aliphatic rings. The first kappa shape index (κ1) is 11.2. The van der Waals surface area contributed by atoms with Gasteiger partial charge in [0.2, 0.25) is 5.90 Å². The fourth-order valence-electron chi connectivity index (χ4n) is 1.86. The summed E-state index contributed by atoms with van der Waals surface area (Å²) in [4.78, 5) is 8.75. The van der Waals surface area contributed by atoms with Gasteiger partial charge in [0.25, 0.3) is 0 Å². The van der Waals surface area contributed by atoms with Crippen LogP contribution in [0.1, 0.15) is 17.3 Å². The zero-order chi connectivity index (χ0) is 12.4. The summed E-state index contributed by atoms with van der Waals surface area (Å²) >= 11 is 5.80. The van der Waals surface area contributed by atoms with E-state index < -0.39 is 0 Å². The van der Waals surface area contributed by atoms with Crippen molar-refractivity contribution in [2.24, 2.45) is 4.99 Å². The second-order valence-electron chi connectivity index (χ2n) is 4.03. The molecular formula is C14H11ClN2O. The van der Waals surface area contributed by atoms with Crippen LogP contribution in [0.3, 0.4) is 0 Å². The fraction of sp³-hybridized carbons (Fsp3) is 0.143. The van der Waals surface area contributed by atoms with Crippen LogP contribution in [0.2, 0.25) is 5.02 Å². The van der Waals surface area contributed by atoms with Gasteiger partial charge in [-0.3, -0.25) is 0 Å². The predicted molar refractivity (Wildman–Crippen MR) is 70.9 cm³/mol. The van der Waals surface area contributed by atoms with E-state index >= 15 is 0 Å². The van der Waals surface area contributed by atoms with Gasteiger partial charge in [-0.05, 0) is 17.7 Å². The van der Waals surface area contributed by atoms with Crippen LogP contribution in [0.25, 0.3) is 0 Å². The Bertz CT molecular complexity index is 566. The topological polar surface area (TPSA) is 34.5 Å². The lowest BCUT2D eigenvalue weighted by Crippen LogP contribution is -2.03. The molecule has 18 heavy (non-hydrogen) atoms. The number of hydrogen-bond acceptors (Lipinski definition) is 3. The molecule has 3 rings (SSSR count). The SMILES string of the molecule is Clc1ccc(C2=NC(c3ccccc3)CO2)nc1. The normalized spacial score (nSPS) is 18.3. The van der Waals surface area contributed by atoms with Gasteiger partial charge < -0.3 is 4.74 Å². The molecule has 0 radical (unpaired) electrons. The Balaban J connectivity index is 1.86. The monoisotopic (exact) mass is 258 g/mol. The van der Waals surface area contributed by atoms with E-state index in [1.165, 1.54) is 0 Å². The van der Waals surface area contributed by atoms with E-state index in [1.54, 1.807) is 12.3 Å². The highest BCUT2D eigenvalue weighted by Gasteiger charge is 2.22. The zero-order valence-electron chi connectivity index (χ0n) is 9.58. The van der Waals surface area contributed by atoms with Crippen LogP contribution < -0.4 is 0 Å². The van der Waals surface area contributed by atoms with Crippen molar-refractivity contribution in [2.45, 2.75) is 6.04 Å². The van der Waals surface area contributed by atoms with Crippen molar-refractivity contribution in [3.8, 4) is 0 Å². The molecule has 0 saturated carbocycles. The first-order chi connectivity index (χ1) is 8.83. The first-order valence-electron chi connectivity index (χ1n) is 5.70. The first-order valence-corrected chi connectivity index (χ1v) is 6.08. The van der Waals surface area contributed by atoms with Gasteiger partial charge in [-0.25, -0.2) is 9.98 Å². The number of aliphatic imine (C=N–C) groups is 1. The second-order valence-corrected chi connectivity index (χ2v) is 4.47. The number of ether oxygens (including phenoxy) is 1. The van der Waals surface area contributed by atoms with Crippen LogP contribution in [-0.2, 0) is 4.74 Å². The lowest BCUT2D eigenvalue weighted by atomic mass is 10.1. The van der Waals surface area contributed by atoms with E-state index in [9.17, 15) is 0 Å². The highest BCUT2D eigenvalue weighted by atomic mass is 35.5. The van der Waals surface area contributed by atoms with Crippen LogP contribution in [0.15, 0.2) is 53.7 Å². The van der Waals surface area contributed by atoms with Crippen molar-refractivity contribution in [3.63, 3.8) is 0 Å². The average molecular weight is 259 g/mol. The fourth-order valence-corrected chi connectivity index (χ4v) is 1.97. The van der Waals surface area contributed by atoms with E-state index in [2.05, 4.69) is 22.1 Å². The van der Waals surface area contributed by atoms with Crippen LogP contribution in [0.4, 0.5) is 0 Å². The van der Waals surface area contributed by atoms with Crippen molar-refractivity contribution >= 4 is 17.5 Å². The molecule has 0 amide bonds. The maximum absolute atomic E-state index is 5.80. The Kier molecular flexibility index (Phi) is 2.99. The molecule has 1 atom stereocenters. The van der Waals surface area contributed by atoms with E-state index in [-0.39, 0.29) is 6.04 Å². The standard InChI is InChI=1S/C14H11ClN2O/c15-11-6-7-12(16-8-11)14-17-13(9-18-14)10-4-2-1-3-5-10/h1-8,13H,9H2. The van der Waals surface area contributed by atoms with Crippen LogP contribution in [0, 0.1) is 0 Å². The Morgan fingerprint density at radius 1 is 1.11 bits per heavy atom. The van der Waals surface area contributed by atoms with Gasteiger partial charge in [0.05, 0.1) is 5.02 Å². The highest BCUT2D eigenvalue weighted by molar-refractivity contribution is 6.30. The third-order valence-electron chi connectivity index (χ3n) is 2.78. The molecule has 1 aromatic heterocycles. The predicted octanol–water partition coefficient (Wildman–Crippen LogP) is 3.25. The molecule has 0 aliphatic carbocycles. The summed E-state index contributed by atoms with van der Waals surface area (Å²) < 4.78 is 5.59. The maximum Gasteiger partial charge on any atom is 0.236 e. The minimum Gasteiger partial charge on any atom is -0.474 e. The maximum atomic E-state index is 5.80. The Hall–Kier alpha value is -1.87. The van der Waals surface area contributed by atoms with E-state index in [0.717, 1.165) is 11.3 Å². The molecule has 0 bridgehead atoms.